The van der Waals surface area contributed by atoms with Gasteiger partial charge < -0.3 is 9.73 Å². The normalized spacial score (nSPS) is 19.7. The van der Waals surface area contributed by atoms with Crippen molar-refractivity contribution in [3.8, 4) is 0 Å². The predicted molar refractivity (Wildman–Crippen MR) is 68.7 cm³/mol. The van der Waals surface area contributed by atoms with Gasteiger partial charge in [0.2, 0.25) is 5.88 Å². The van der Waals surface area contributed by atoms with Crippen LogP contribution in [0.4, 0.5) is 5.88 Å². The Morgan fingerprint density at radius 3 is 3.22 bits per heavy atom. The van der Waals surface area contributed by atoms with Crippen LogP contribution in [0.1, 0.15) is 16.6 Å². The van der Waals surface area contributed by atoms with Gasteiger partial charge in [0.25, 0.3) is 5.91 Å². The molecule has 1 aliphatic rings. The molecule has 0 spiro atoms. The zero-order valence-corrected chi connectivity index (χ0v) is 10.7. The summed E-state index contributed by atoms with van der Waals surface area (Å²) in [6.07, 6.45) is 2.33. The lowest BCUT2D eigenvalue weighted by atomic mass is 10.2. The third-order valence-corrected chi connectivity index (χ3v) is 4.02. The van der Waals surface area contributed by atoms with Crippen molar-refractivity contribution in [3.63, 3.8) is 0 Å². The van der Waals surface area contributed by atoms with Crippen molar-refractivity contribution in [2.75, 3.05) is 18.5 Å². The summed E-state index contributed by atoms with van der Waals surface area (Å²) < 4.78 is 5.33. The van der Waals surface area contributed by atoms with Crippen LogP contribution < -0.4 is 10.2 Å². The maximum Gasteiger partial charge on any atom is 0.251 e. The highest BCUT2D eigenvalue weighted by Crippen LogP contribution is 2.30. The number of hydrogen-bond acceptors (Lipinski definition) is 5. The van der Waals surface area contributed by atoms with E-state index in [9.17, 15) is 4.79 Å². The second kappa shape index (κ2) is 4.55. The van der Waals surface area contributed by atoms with E-state index in [-0.39, 0.29) is 11.9 Å². The second-order valence-electron chi connectivity index (χ2n) is 4.08. The average Bonchev–Trinajstić information content (AvgIpc) is 3.01. The summed E-state index contributed by atoms with van der Waals surface area (Å²) in [7, 11) is 1.79. The van der Waals surface area contributed by atoms with Crippen molar-refractivity contribution in [1.82, 2.24) is 10.3 Å². The zero-order chi connectivity index (χ0) is 12.5. The van der Waals surface area contributed by atoms with Crippen molar-refractivity contribution in [3.05, 3.63) is 34.5 Å². The van der Waals surface area contributed by atoms with Gasteiger partial charge in [-0.25, -0.2) is 4.98 Å². The fourth-order valence-corrected chi connectivity index (χ4v) is 3.13. The van der Waals surface area contributed by atoms with Crippen LogP contribution in [0.15, 0.2) is 28.3 Å². The Morgan fingerprint density at radius 2 is 2.50 bits per heavy atom. The number of carbonyl (C=O) groups excluding carboxylic acids is 1. The molecule has 0 aliphatic carbocycles. The van der Waals surface area contributed by atoms with Gasteiger partial charge in [0.15, 0.2) is 0 Å². The number of likely N-dealkylation sites (N-methyl/N-ethyl adjacent to an activating group) is 1. The summed E-state index contributed by atoms with van der Waals surface area (Å²) in [4.78, 5) is 19.5. The number of furan rings is 1. The number of thiazole rings is 1. The summed E-state index contributed by atoms with van der Waals surface area (Å²) in [5.41, 5.74) is 2.80. The quantitative estimate of drug-likeness (QED) is 0.894. The molecular formula is C12H13N3O2S. The van der Waals surface area contributed by atoms with Crippen LogP contribution in [0.5, 0.6) is 0 Å². The van der Waals surface area contributed by atoms with Gasteiger partial charge in [0, 0.05) is 19.0 Å². The van der Waals surface area contributed by atoms with Crippen molar-refractivity contribution >= 4 is 23.1 Å². The molecule has 2 aromatic rings. The smallest absolute Gasteiger partial charge is 0.251 e. The Labute approximate surface area is 108 Å². The zero-order valence-electron chi connectivity index (χ0n) is 9.92. The Morgan fingerprint density at radius 1 is 1.61 bits per heavy atom. The molecule has 2 aromatic heterocycles. The first kappa shape index (κ1) is 11.4. The summed E-state index contributed by atoms with van der Waals surface area (Å²) in [6.45, 7) is 0.598. The molecule has 0 fully saturated rings. The molecule has 94 valence electrons. The van der Waals surface area contributed by atoms with Crippen LogP contribution in [-0.2, 0) is 11.2 Å². The van der Waals surface area contributed by atoms with E-state index in [0.29, 0.717) is 12.4 Å². The van der Waals surface area contributed by atoms with Crippen molar-refractivity contribution in [2.45, 2.75) is 12.5 Å². The molecule has 1 aliphatic heterocycles. The number of nitrogens with zero attached hydrogens (tertiary/aromatic N) is 2. The first-order valence-corrected chi connectivity index (χ1v) is 6.63. The number of amides is 1. The van der Waals surface area contributed by atoms with Crippen LogP contribution in [0.3, 0.4) is 0 Å². The van der Waals surface area contributed by atoms with E-state index < -0.39 is 0 Å². The highest BCUT2D eigenvalue weighted by Gasteiger charge is 2.33. The Balaban J connectivity index is 1.99. The van der Waals surface area contributed by atoms with Crippen LogP contribution in [0.25, 0.3) is 0 Å². The Kier molecular flexibility index (Phi) is 2.89. The van der Waals surface area contributed by atoms with E-state index >= 15 is 0 Å². The van der Waals surface area contributed by atoms with Crippen LogP contribution in [-0.4, -0.2) is 24.5 Å². The molecule has 0 aromatic carbocycles. The van der Waals surface area contributed by atoms with Gasteiger partial charge in [-0.05, 0) is 13.1 Å². The highest BCUT2D eigenvalue weighted by atomic mass is 32.1. The average molecular weight is 263 g/mol. The lowest BCUT2D eigenvalue weighted by molar-refractivity contribution is -0.120. The van der Waals surface area contributed by atoms with E-state index in [4.69, 9.17) is 4.42 Å². The molecule has 0 saturated carbocycles. The molecule has 1 atom stereocenters. The molecule has 3 rings (SSSR count). The van der Waals surface area contributed by atoms with E-state index in [1.807, 2.05) is 0 Å². The van der Waals surface area contributed by atoms with Gasteiger partial charge in [-0.1, -0.05) is 0 Å². The van der Waals surface area contributed by atoms with Gasteiger partial charge in [-0.3, -0.25) is 9.69 Å². The summed E-state index contributed by atoms with van der Waals surface area (Å²) in [5.74, 6) is 0.603. The minimum atomic E-state index is -0.333. The lowest BCUT2D eigenvalue weighted by Crippen LogP contribution is -2.38. The molecular weight excluding hydrogens is 250 g/mol. The van der Waals surface area contributed by atoms with Crippen LogP contribution in [0.2, 0.25) is 0 Å². The largest absolute Gasteiger partial charge is 0.448 e. The number of carbonyl (C=O) groups is 1. The van der Waals surface area contributed by atoms with Gasteiger partial charge in [0.05, 0.1) is 22.3 Å². The summed E-state index contributed by atoms with van der Waals surface area (Å²) in [6, 6.07) is 3.26. The maximum atomic E-state index is 12.5. The topological polar surface area (TPSA) is 58.4 Å². The molecule has 18 heavy (non-hydrogen) atoms. The lowest BCUT2D eigenvalue weighted by Gasteiger charge is -2.21. The maximum absolute atomic E-state index is 12.5. The molecule has 0 bridgehead atoms. The third-order valence-electron chi connectivity index (χ3n) is 3.08. The molecule has 3 heterocycles. The molecule has 1 amide bonds. The molecule has 0 saturated heterocycles. The van der Waals surface area contributed by atoms with Gasteiger partial charge in [0.1, 0.15) is 6.04 Å². The number of fused-ring (bicyclic) bond motifs is 1. The summed E-state index contributed by atoms with van der Waals surface area (Å²) >= 11 is 1.52. The molecule has 1 unspecified atom stereocenters. The Hall–Kier alpha value is -1.66. The van der Waals surface area contributed by atoms with Gasteiger partial charge in [-0.2, -0.15) is 0 Å². The molecule has 1 N–H and O–H groups in total. The van der Waals surface area contributed by atoms with Crippen molar-refractivity contribution < 1.29 is 9.21 Å². The van der Waals surface area contributed by atoms with E-state index in [1.165, 1.54) is 11.3 Å². The number of anilines is 1. The third kappa shape index (κ3) is 1.74. The minimum Gasteiger partial charge on any atom is -0.448 e. The standard InChI is InChI=1S/C12H13N3O2S/c1-13-10-11-8(14-7-18-11)4-5-15(12(10)16)9-3-2-6-17-9/h2-3,6-7,10,13H,4-5H2,1H3. The highest BCUT2D eigenvalue weighted by molar-refractivity contribution is 7.10. The van der Waals surface area contributed by atoms with Crippen molar-refractivity contribution in [2.24, 2.45) is 0 Å². The summed E-state index contributed by atoms with van der Waals surface area (Å²) in [5, 5.41) is 3.07. The first-order chi connectivity index (χ1) is 8.81. The van der Waals surface area contributed by atoms with Crippen molar-refractivity contribution in [1.29, 1.82) is 0 Å². The SMILES string of the molecule is CNC1C(=O)N(c2ccco2)CCc2ncsc21. The van der Waals surface area contributed by atoms with Crippen LogP contribution >= 0.6 is 11.3 Å². The first-order valence-electron chi connectivity index (χ1n) is 5.75. The second-order valence-corrected chi connectivity index (χ2v) is 4.96. The van der Waals surface area contributed by atoms with E-state index in [1.54, 1.807) is 35.9 Å². The van der Waals surface area contributed by atoms with Gasteiger partial charge >= 0.3 is 0 Å². The number of hydrogen-bond donors (Lipinski definition) is 1. The monoisotopic (exact) mass is 263 g/mol. The van der Waals surface area contributed by atoms with E-state index in [0.717, 1.165) is 17.0 Å². The molecule has 6 heteroatoms. The number of aromatic nitrogens is 1. The predicted octanol–water partition coefficient (Wildman–Crippen LogP) is 1.59. The number of rotatable bonds is 2. The fraction of sp³-hybridized carbons (Fsp3) is 0.333. The van der Waals surface area contributed by atoms with Crippen LogP contribution in [0, 0.1) is 0 Å². The number of nitrogens with one attached hydrogen (secondary N) is 1. The van der Waals surface area contributed by atoms with E-state index in [2.05, 4.69) is 10.3 Å². The molecule has 0 radical (unpaired) electrons. The van der Waals surface area contributed by atoms with Gasteiger partial charge in [-0.15, -0.1) is 11.3 Å². The minimum absolute atomic E-state index is 0.00968. The fourth-order valence-electron chi connectivity index (χ4n) is 2.19. The molecule has 5 nitrogen and oxygen atoms in total. The Bertz CT molecular complexity index is 549.